The normalized spacial score (nSPS) is 18.5. The van der Waals surface area contributed by atoms with Crippen LogP contribution in [0.3, 0.4) is 0 Å². The smallest absolute Gasteiger partial charge is 0.237 e. The molecule has 2 nitrogen and oxygen atoms in total. The lowest BCUT2D eigenvalue weighted by Gasteiger charge is -2.07. The highest BCUT2D eigenvalue weighted by Gasteiger charge is 2.11. The fourth-order valence-electron chi connectivity index (χ4n) is 0.440. The molecule has 1 aliphatic heterocycles. The van der Waals surface area contributed by atoms with E-state index in [1.807, 2.05) is 0 Å². The zero-order valence-electron chi connectivity index (χ0n) is 5.66. The van der Waals surface area contributed by atoms with Crippen molar-refractivity contribution in [3.8, 4) is 0 Å². The highest BCUT2D eigenvalue weighted by atomic mass is 35.6. The highest BCUT2D eigenvalue weighted by Crippen LogP contribution is 2.29. The number of alkyl halides is 4. The first kappa shape index (κ1) is 12.1. The van der Waals surface area contributed by atoms with Crippen molar-refractivity contribution in [2.24, 2.45) is 0 Å². The molecule has 0 aliphatic carbocycles. The summed E-state index contributed by atoms with van der Waals surface area (Å²) in [7, 11) is 0. The average Bonchev–Trinajstić information content (AvgIpc) is 1.88. The van der Waals surface area contributed by atoms with E-state index in [9.17, 15) is 0 Å². The molecule has 0 spiro atoms. The van der Waals surface area contributed by atoms with Crippen LogP contribution < -0.4 is 0 Å². The minimum absolute atomic E-state index is 0.778. The van der Waals surface area contributed by atoms with E-state index in [4.69, 9.17) is 46.4 Å². The zero-order valence-corrected chi connectivity index (χ0v) is 8.68. The molecule has 0 aromatic rings. The Bertz CT molecular complexity index is 71.5. The van der Waals surface area contributed by atoms with Crippen molar-refractivity contribution < 1.29 is 9.78 Å². The standard InChI is InChI=1S/C4H8O2.CCl4/c1-2-4-6-5-3-1;2-1(3,4)5/h1-4H2;. The van der Waals surface area contributed by atoms with Crippen molar-refractivity contribution in [3.63, 3.8) is 0 Å². The molecule has 0 saturated carbocycles. The number of halogens is 4. The first-order valence-corrected chi connectivity index (χ1v) is 4.51. The fourth-order valence-corrected chi connectivity index (χ4v) is 0.440. The van der Waals surface area contributed by atoms with E-state index in [0.717, 1.165) is 26.1 Å². The lowest BCUT2D eigenvalue weighted by atomic mass is 10.3. The molecule has 0 atom stereocenters. The monoisotopic (exact) mass is 240 g/mol. The van der Waals surface area contributed by atoms with Crippen LogP contribution in [0.1, 0.15) is 12.8 Å². The maximum absolute atomic E-state index is 4.83. The molecule has 1 rings (SSSR count). The predicted molar refractivity (Wildman–Crippen MR) is 47.3 cm³/mol. The molecular weight excluding hydrogens is 234 g/mol. The summed E-state index contributed by atoms with van der Waals surface area (Å²) in [6.07, 6.45) is 2.31. The summed E-state index contributed by atoms with van der Waals surface area (Å²) in [5.41, 5.74) is 0. The molecule has 0 bridgehead atoms. The van der Waals surface area contributed by atoms with Crippen molar-refractivity contribution in [1.29, 1.82) is 0 Å². The number of rotatable bonds is 0. The van der Waals surface area contributed by atoms with Gasteiger partial charge in [-0.3, -0.25) is 0 Å². The molecule has 68 valence electrons. The second-order valence-electron chi connectivity index (χ2n) is 1.78. The lowest BCUT2D eigenvalue weighted by Crippen LogP contribution is -2.05. The van der Waals surface area contributed by atoms with Crippen LogP contribution in [0.2, 0.25) is 0 Å². The van der Waals surface area contributed by atoms with Crippen LogP contribution in [0.5, 0.6) is 0 Å². The second kappa shape index (κ2) is 6.58. The molecule has 0 radical (unpaired) electrons. The van der Waals surface area contributed by atoms with E-state index in [1.54, 1.807) is 0 Å². The summed E-state index contributed by atoms with van der Waals surface area (Å²) in [5, 5.41) is 0. The van der Waals surface area contributed by atoms with Gasteiger partial charge in [0.15, 0.2) is 0 Å². The van der Waals surface area contributed by atoms with E-state index in [1.165, 1.54) is 0 Å². The van der Waals surface area contributed by atoms with Crippen molar-refractivity contribution in [2.75, 3.05) is 13.2 Å². The first-order chi connectivity index (χ1) is 5.00. The molecule has 0 amide bonds. The van der Waals surface area contributed by atoms with Gasteiger partial charge in [-0.05, 0) is 12.8 Å². The maximum atomic E-state index is 4.83. The Kier molecular flexibility index (Phi) is 7.23. The Balaban J connectivity index is 0.000000187. The molecule has 1 fully saturated rings. The molecular formula is C5H8Cl4O2. The molecule has 0 N–H and O–H groups in total. The molecule has 0 aromatic carbocycles. The van der Waals surface area contributed by atoms with Crippen LogP contribution in [0, 0.1) is 0 Å². The summed E-state index contributed by atoms with van der Waals surface area (Å²) in [6, 6.07) is 0. The molecule has 11 heavy (non-hydrogen) atoms. The van der Waals surface area contributed by atoms with E-state index in [-0.39, 0.29) is 0 Å². The Hall–Kier alpha value is 1.08. The summed E-state index contributed by atoms with van der Waals surface area (Å²) in [6.45, 7) is 1.56. The fraction of sp³-hybridized carbons (Fsp3) is 1.00. The third kappa shape index (κ3) is 18.2. The minimum atomic E-state index is -1.61. The van der Waals surface area contributed by atoms with Gasteiger partial charge in [0.2, 0.25) is 0 Å². The Morgan fingerprint density at radius 3 is 1.18 bits per heavy atom. The van der Waals surface area contributed by atoms with Gasteiger partial charge >= 0.3 is 0 Å². The van der Waals surface area contributed by atoms with Crippen molar-refractivity contribution in [2.45, 2.75) is 16.1 Å². The topological polar surface area (TPSA) is 18.5 Å². The van der Waals surface area contributed by atoms with Crippen LogP contribution in [0.25, 0.3) is 0 Å². The lowest BCUT2D eigenvalue weighted by molar-refractivity contribution is -0.312. The highest BCUT2D eigenvalue weighted by molar-refractivity contribution is 6.83. The van der Waals surface area contributed by atoms with Gasteiger partial charge in [-0.25, -0.2) is 9.78 Å². The third-order valence-electron chi connectivity index (χ3n) is 0.789. The second-order valence-corrected chi connectivity index (χ2v) is 5.21. The molecule has 1 saturated heterocycles. The van der Waals surface area contributed by atoms with Gasteiger partial charge in [0.1, 0.15) is 0 Å². The van der Waals surface area contributed by atoms with Gasteiger partial charge in [0.25, 0.3) is 3.25 Å². The van der Waals surface area contributed by atoms with Crippen LogP contribution in [-0.4, -0.2) is 16.5 Å². The van der Waals surface area contributed by atoms with Gasteiger partial charge in [-0.15, -0.1) is 0 Å². The Morgan fingerprint density at radius 2 is 1.09 bits per heavy atom. The quantitative estimate of drug-likeness (QED) is 0.479. The van der Waals surface area contributed by atoms with Crippen molar-refractivity contribution in [1.82, 2.24) is 0 Å². The van der Waals surface area contributed by atoms with Crippen molar-refractivity contribution in [3.05, 3.63) is 0 Å². The predicted octanol–water partition coefficient (Wildman–Crippen LogP) is 3.28. The average molecular weight is 242 g/mol. The number of hydrogen-bond donors (Lipinski definition) is 0. The summed E-state index contributed by atoms with van der Waals surface area (Å²) in [4.78, 5) is 9.14. The summed E-state index contributed by atoms with van der Waals surface area (Å²) >= 11 is 19.3. The van der Waals surface area contributed by atoms with E-state index in [2.05, 4.69) is 9.78 Å². The van der Waals surface area contributed by atoms with Gasteiger partial charge in [-0.1, -0.05) is 46.4 Å². The Morgan fingerprint density at radius 1 is 0.818 bits per heavy atom. The summed E-state index contributed by atoms with van der Waals surface area (Å²) in [5.74, 6) is 0. The third-order valence-corrected chi connectivity index (χ3v) is 0.789. The minimum Gasteiger partial charge on any atom is -0.237 e. The van der Waals surface area contributed by atoms with Gasteiger partial charge in [0, 0.05) is 0 Å². The van der Waals surface area contributed by atoms with Crippen LogP contribution in [0.4, 0.5) is 0 Å². The largest absolute Gasteiger partial charge is 0.266 e. The molecule has 0 aromatic heterocycles. The van der Waals surface area contributed by atoms with E-state index < -0.39 is 3.25 Å². The van der Waals surface area contributed by atoms with Crippen molar-refractivity contribution >= 4 is 46.4 Å². The first-order valence-electron chi connectivity index (χ1n) is 3.00. The van der Waals surface area contributed by atoms with E-state index in [0.29, 0.717) is 0 Å². The number of hydrogen-bond acceptors (Lipinski definition) is 2. The maximum Gasteiger partial charge on any atom is 0.266 e. The SMILES string of the molecule is C1CCOOC1.ClC(Cl)(Cl)Cl. The van der Waals surface area contributed by atoms with Crippen LogP contribution in [-0.2, 0) is 9.78 Å². The molecule has 0 unspecified atom stereocenters. The van der Waals surface area contributed by atoms with Gasteiger partial charge in [-0.2, -0.15) is 0 Å². The Labute approximate surface area is 85.6 Å². The summed E-state index contributed by atoms with van der Waals surface area (Å²) < 4.78 is -1.61. The molecule has 1 heterocycles. The van der Waals surface area contributed by atoms with Crippen LogP contribution >= 0.6 is 46.4 Å². The van der Waals surface area contributed by atoms with Gasteiger partial charge in [0.05, 0.1) is 13.2 Å². The van der Waals surface area contributed by atoms with Crippen LogP contribution in [0.15, 0.2) is 0 Å². The van der Waals surface area contributed by atoms with Gasteiger partial charge < -0.3 is 0 Å². The van der Waals surface area contributed by atoms with E-state index >= 15 is 0 Å². The zero-order chi connectivity index (χ0) is 8.74. The molecule has 6 heteroatoms. The molecule has 1 aliphatic rings.